The van der Waals surface area contributed by atoms with Crippen LogP contribution in [0.2, 0.25) is 0 Å². The maximum atomic E-state index is 12.9. The van der Waals surface area contributed by atoms with Gasteiger partial charge in [-0.25, -0.2) is 0 Å². The molecule has 0 saturated heterocycles. The second-order valence-corrected chi connectivity index (χ2v) is 6.69. The summed E-state index contributed by atoms with van der Waals surface area (Å²) < 4.78 is 0. The van der Waals surface area contributed by atoms with Gasteiger partial charge < -0.3 is 10.2 Å². The van der Waals surface area contributed by atoms with E-state index in [4.69, 9.17) is 0 Å². The Hall–Kier alpha value is -1.84. The molecule has 0 spiro atoms. The van der Waals surface area contributed by atoms with Crippen LogP contribution in [0.25, 0.3) is 0 Å². The molecule has 1 atom stereocenters. The van der Waals surface area contributed by atoms with Gasteiger partial charge in [-0.2, -0.15) is 0 Å². The molecule has 1 saturated carbocycles. The summed E-state index contributed by atoms with van der Waals surface area (Å²) in [4.78, 5) is 27.3. The maximum absolute atomic E-state index is 12.9. The quantitative estimate of drug-likeness (QED) is 0.905. The van der Waals surface area contributed by atoms with E-state index >= 15 is 0 Å². The van der Waals surface area contributed by atoms with Crippen LogP contribution in [0.3, 0.4) is 0 Å². The predicted molar refractivity (Wildman–Crippen MR) is 90.1 cm³/mol. The standard InChI is InChI=1S/C19H26N2O2/c1-2-3-13-21-17(15-11-7-8-12-16(15)19(21)23)18(22)20-14-9-5-4-6-10-14/h7-8,11-12,14,17H,2-6,9-10,13H2,1H3,(H,20,22). The summed E-state index contributed by atoms with van der Waals surface area (Å²) in [6.07, 6.45) is 7.69. The zero-order chi connectivity index (χ0) is 16.2. The first-order chi connectivity index (χ1) is 11.2. The summed E-state index contributed by atoms with van der Waals surface area (Å²) in [7, 11) is 0. The number of hydrogen-bond acceptors (Lipinski definition) is 2. The Morgan fingerprint density at radius 1 is 1.22 bits per heavy atom. The molecule has 1 aromatic carbocycles. The summed E-state index contributed by atoms with van der Waals surface area (Å²) in [6.45, 7) is 2.75. The van der Waals surface area contributed by atoms with Crippen molar-refractivity contribution in [3.05, 3.63) is 35.4 Å². The van der Waals surface area contributed by atoms with Crippen LogP contribution in [-0.4, -0.2) is 29.3 Å². The van der Waals surface area contributed by atoms with Gasteiger partial charge in [0.2, 0.25) is 5.91 Å². The second kappa shape index (κ2) is 7.16. The summed E-state index contributed by atoms with van der Waals surface area (Å²) in [6, 6.07) is 7.36. The number of nitrogens with one attached hydrogen (secondary N) is 1. The van der Waals surface area contributed by atoms with Gasteiger partial charge in [0, 0.05) is 18.2 Å². The summed E-state index contributed by atoms with van der Waals surface area (Å²) in [5.74, 6) is -0.0100. The van der Waals surface area contributed by atoms with Gasteiger partial charge >= 0.3 is 0 Å². The first kappa shape index (κ1) is 16.0. The zero-order valence-electron chi connectivity index (χ0n) is 13.9. The normalized spacial score (nSPS) is 21.3. The minimum absolute atomic E-state index is 0.00200. The van der Waals surface area contributed by atoms with Gasteiger partial charge in [0.1, 0.15) is 6.04 Å². The Morgan fingerprint density at radius 3 is 2.70 bits per heavy atom. The van der Waals surface area contributed by atoms with Crippen molar-refractivity contribution in [2.45, 2.75) is 64.0 Å². The van der Waals surface area contributed by atoms with Crippen molar-refractivity contribution in [1.29, 1.82) is 0 Å². The molecule has 124 valence electrons. The van der Waals surface area contributed by atoms with E-state index in [-0.39, 0.29) is 17.9 Å². The molecule has 0 bridgehead atoms. The molecule has 0 aromatic heterocycles. The lowest BCUT2D eigenvalue weighted by atomic mass is 9.95. The number of hydrogen-bond donors (Lipinski definition) is 1. The minimum atomic E-state index is -0.452. The SMILES string of the molecule is CCCCN1C(=O)c2ccccc2C1C(=O)NC1CCCCC1. The zero-order valence-corrected chi connectivity index (χ0v) is 13.9. The largest absolute Gasteiger partial charge is 0.351 e. The molecule has 1 aliphatic carbocycles. The molecule has 1 aliphatic heterocycles. The third-order valence-electron chi connectivity index (χ3n) is 5.01. The number of carbonyl (C=O) groups is 2. The molecular formula is C19H26N2O2. The fourth-order valence-electron chi connectivity index (χ4n) is 3.74. The van der Waals surface area contributed by atoms with Crippen LogP contribution in [0.4, 0.5) is 0 Å². The van der Waals surface area contributed by atoms with Gasteiger partial charge in [-0.05, 0) is 30.9 Å². The molecule has 3 rings (SSSR count). The molecule has 1 aromatic rings. The topological polar surface area (TPSA) is 49.4 Å². The first-order valence-corrected chi connectivity index (χ1v) is 8.92. The van der Waals surface area contributed by atoms with Crippen LogP contribution < -0.4 is 5.32 Å². The van der Waals surface area contributed by atoms with Gasteiger partial charge in [0.15, 0.2) is 0 Å². The van der Waals surface area contributed by atoms with Crippen molar-refractivity contribution in [2.75, 3.05) is 6.54 Å². The third kappa shape index (κ3) is 3.26. The first-order valence-electron chi connectivity index (χ1n) is 8.92. The minimum Gasteiger partial charge on any atom is -0.351 e. The maximum Gasteiger partial charge on any atom is 0.255 e. The van der Waals surface area contributed by atoms with Crippen LogP contribution >= 0.6 is 0 Å². The smallest absolute Gasteiger partial charge is 0.255 e. The fraction of sp³-hybridized carbons (Fsp3) is 0.579. The Bertz CT molecular complexity index is 578. The highest BCUT2D eigenvalue weighted by molar-refractivity contribution is 6.04. The summed E-state index contributed by atoms with van der Waals surface area (Å²) in [5, 5.41) is 3.20. The molecule has 1 N–H and O–H groups in total. The number of fused-ring (bicyclic) bond motifs is 1. The lowest BCUT2D eigenvalue weighted by molar-refractivity contribution is -0.126. The number of nitrogens with zero attached hydrogens (tertiary/aromatic N) is 1. The molecule has 1 unspecified atom stereocenters. The van der Waals surface area contributed by atoms with E-state index in [9.17, 15) is 9.59 Å². The Morgan fingerprint density at radius 2 is 1.96 bits per heavy atom. The van der Waals surface area contributed by atoms with Gasteiger partial charge in [0.05, 0.1) is 0 Å². The lowest BCUT2D eigenvalue weighted by Gasteiger charge is -2.28. The number of benzene rings is 1. The monoisotopic (exact) mass is 314 g/mol. The molecule has 1 fully saturated rings. The van der Waals surface area contributed by atoms with Gasteiger partial charge in [-0.3, -0.25) is 9.59 Å². The van der Waals surface area contributed by atoms with Gasteiger partial charge in [-0.1, -0.05) is 50.8 Å². The van der Waals surface area contributed by atoms with Crippen molar-refractivity contribution < 1.29 is 9.59 Å². The van der Waals surface area contributed by atoms with Crippen molar-refractivity contribution >= 4 is 11.8 Å². The van der Waals surface area contributed by atoms with Crippen LogP contribution in [-0.2, 0) is 4.79 Å². The number of unbranched alkanes of at least 4 members (excludes halogenated alkanes) is 1. The molecule has 4 nitrogen and oxygen atoms in total. The number of carbonyl (C=O) groups excluding carboxylic acids is 2. The van der Waals surface area contributed by atoms with Crippen molar-refractivity contribution in [3.8, 4) is 0 Å². The van der Waals surface area contributed by atoms with Crippen LogP contribution in [0.1, 0.15) is 73.8 Å². The van der Waals surface area contributed by atoms with Crippen LogP contribution in [0.5, 0.6) is 0 Å². The van der Waals surface area contributed by atoms with Crippen molar-refractivity contribution in [1.82, 2.24) is 10.2 Å². The molecule has 23 heavy (non-hydrogen) atoms. The molecule has 4 heteroatoms. The summed E-state index contributed by atoms with van der Waals surface area (Å²) >= 11 is 0. The van der Waals surface area contributed by atoms with E-state index in [1.54, 1.807) is 4.90 Å². The van der Waals surface area contributed by atoms with Crippen molar-refractivity contribution in [3.63, 3.8) is 0 Å². The highest BCUT2D eigenvalue weighted by Crippen LogP contribution is 2.34. The van der Waals surface area contributed by atoms with E-state index in [1.165, 1.54) is 19.3 Å². The van der Waals surface area contributed by atoms with Crippen LogP contribution in [0, 0.1) is 0 Å². The molecule has 2 amide bonds. The second-order valence-electron chi connectivity index (χ2n) is 6.69. The average Bonchev–Trinajstić information content (AvgIpc) is 2.86. The molecule has 2 aliphatic rings. The third-order valence-corrected chi connectivity index (χ3v) is 5.01. The van der Waals surface area contributed by atoms with Gasteiger partial charge in [0.25, 0.3) is 5.91 Å². The van der Waals surface area contributed by atoms with Crippen molar-refractivity contribution in [2.24, 2.45) is 0 Å². The number of rotatable bonds is 5. The summed E-state index contributed by atoms with van der Waals surface area (Å²) in [5.41, 5.74) is 1.55. The lowest BCUT2D eigenvalue weighted by Crippen LogP contribution is -2.44. The van der Waals surface area contributed by atoms with Gasteiger partial charge in [-0.15, -0.1) is 0 Å². The Labute approximate surface area is 138 Å². The molecule has 1 heterocycles. The fourth-order valence-corrected chi connectivity index (χ4v) is 3.74. The van der Waals surface area contributed by atoms with E-state index < -0.39 is 6.04 Å². The molecular weight excluding hydrogens is 288 g/mol. The number of amides is 2. The highest BCUT2D eigenvalue weighted by Gasteiger charge is 2.40. The van der Waals surface area contributed by atoms with E-state index in [1.807, 2.05) is 24.3 Å². The Balaban J connectivity index is 1.80. The van der Waals surface area contributed by atoms with Crippen LogP contribution in [0.15, 0.2) is 24.3 Å². The molecule has 0 radical (unpaired) electrons. The Kier molecular flexibility index (Phi) is 4.99. The highest BCUT2D eigenvalue weighted by atomic mass is 16.2. The van der Waals surface area contributed by atoms with E-state index in [2.05, 4.69) is 12.2 Å². The van der Waals surface area contributed by atoms with E-state index in [0.29, 0.717) is 12.1 Å². The predicted octanol–water partition coefficient (Wildman–Crippen LogP) is 3.43. The van der Waals surface area contributed by atoms with E-state index in [0.717, 1.165) is 31.2 Å². The average molecular weight is 314 g/mol.